The first-order chi connectivity index (χ1) is 15.5. The van der Waals surface area contributed by atoms with Crippen LogP contribution in [0.25, 0.3) is 0 Å². The molecule has 180 valence electrons. The maximum atomic E-state index is 13.0. The molecule has 0 atom stereocenters. The predicted molar refractivity (Wildman–Crippen MR) is 127 cm³/mol. The number of sulfonamides is 1. The Balaban J connectivity index is 2.43. The van der Waals surface area contributed by atoms with Crippen LogP contribution in [0.2, 0.25) is 5.02 Å². The minimum absolute atomic E-state index is 0.0477. The van der Waals surface area contributed by atoms with Crippen LogP contribution in [0.15, 0.2) is 29.2 Å². The summed E-state index contributed by atoms with van der Waals surface area (Å²) >= 11 is 6.23. The molecule has 0 fully saturated rings. The molecule has 0 bridgehead atoms. The first-order valence-corrected chi connectivity index (χ1v) is 12.0. The van der Waals surface area contributed by atoms with Crippen molar-refractivity contribution >= 4 is 39.1 Å². The molecule has 11 heteroatoms. The molecule has 33 heavy (non-hydrogen) atoms. The number of carbonyl (C=O) groups is 2. The normalized spacial score (nSPS) is 11.4. The zero-order valence-corrected chi connectivity index (χ0v) is 20.8. The van der Waals surface area contributed by atoms with Gasteiger partial charge in [-0.05, 0) is 49.2 Å². The fourth-order valence-electron chi connectivity index (χ4n) is 3.15. The quantitative estimate of drug-likeness (QED) is 0.519. The van der Waals surface area contributed by atoms with Crippen LogP contribution in [-0.2, 0) is 14.8 Å². The molecule has 0 unspecified atom stereocenters. The predicted octanol–water partition coefficient (Wildman–Crippen LogP) is 3.11. The molecule has 0 aliphatic heterocycles. The van der Waals surface area contributed by atoms with Crippen molar-refractivity contribution in [3.8, 4) is 11.5 Å². The minimum atomic E-state index is -3.71. The topological polar surface area (TPSA) is 128 Å². The zero-order valence-electron chi connectivity index (χ0n) is 19.2. The van der Waals surface area contributed by atoms with E-state index in [0.717, 1.165) is 5.56 Å². The van der Waals surface area contributed by atoms with Crippen LogP contribution >= 0.6 is 11.6 Å². The molecule has 2 aromatic rings. The first-order valence-electron chi connectivity index (χ1n) is 10.2. The summed E-state index contributed by atoms with van der Waals surface area (Å²) in [5.74, 6) is -1.01. The summed E-state index contributed by atoms with van der Waals surface area (Å²) in [4.78, 5) is 24.1. The number of anilines is 1. The van der Waals surface area contributed by atoms with Crippen LogP contribution in [0, 0.1) is 13.8 Å². The average Bonchev–Trinajstić information content (AvgIpc) is 2.75. The van der Waals surface area contributed by atoms with Crippen LogP contribution in [0.3, 0.4) is 0 Å². The molecular formula is C22H28ClN3O6S. The molecule has 9 nitrogen and oxygen atoms in total. The van der Waals surface area contributed by atoms with Gasteiger partial charge in [0.2, 0.25) is 10.0 Å². The Bertz CT molecular complexity index is 1160. The van der Waals surface area contributed by atoms with Gasteiger partial charge in [0.1, 0.15) is 0 Å². The summed E-state index contributed by atoms with van der Waals surface area (Å²) in [6.45, 7) is 7.33. The zero-order chi connectivity index (χ0) is 24.9. The SMILES string of the molecule is CCN(CC)S(=O)(=O)c1cc(C)c(C)c(NC(=O)c2cc(Cl)c(OCC(N)=O)c(OC)c2)c1. The number of hydrogen-bond acceptors (Lipinski definition) is 6. The van der Waals surface area contributed by atoms with E-state index < -0.39 is 28.4 Å². The number of primary amides is 1. The van der Waals surface area contributed by atoms with Crippen LogP contribution in [-0.4, -0.2) is 51.3 Å². The van der Waals surface area contributed by atoms with Crippen molar-refractivity contribution in [3.05, 3.63) is 46.0 Å². The highest BCUT2D eigenvalue weighted by Gasteiger charge is 2.24. The van der Waals surface area contributed by atoms with Gasteiger partial charge in [-0.3, -0.25) is 9.59 Å². The molecule has 3 N–H and O–H groups in total. The third-order valence-electron chi connectivity index (χ3n) is 5.08. The van der Waals surface area contributed by atoms with Crippen LogP contribution < -0.4 is 20.5 Å². The molecule has 2 aromatic carbocycles. The van der Waals surface area contributed by atoms with Gasteiger partial charge in [-0.15, -0.1) is 0 Å². The van der Waals surface area contributed by atoms with Gasteiger partial charge < -0.3 is 20.5 Å². The van der Waals surface area contributed by atoms with E-state index in [1.165, 1.54) is 29.6 Å². The highest BCUT2D eigenvalue weighted by atomic mass is 35.5. The van der Waals surface area contributed by atoms with Gasteiger partial charge in [0.05, 0.1) is 17.0 Å². The molecule has 0 spiro atoms. The number of ether oxygens (including phenoxy) is 2. The number of nitrogens with one attached hydrogen (secondary N) is 1. The molecule has 0 heterocycles. The van der Waals surface area contributed by atoms with Crippen molar-refractivity contribution in [3.63, 3.8) is 0 Å². The fourth-order valence-corrected chi connectivity index (χ4v) is 4.98. The second kappa shape index (κ2) is 10.9. The Labute approximate surface area is 198 Å². The van der Waals surface area contributed by atoms with Gasteiger partial charge in [-0.25, -0.2) is 8.42 Å². The minimum Gasteiger partial charge on any atom is -0.493 e. The summed E-state index contributed by atoms with van der Waals surface area (Å²) in [5.41, 5.74) is 7.04. The van der Waals surface area contributed by atoms with E-state index in [0.29, 0.717) is 24.3 Å². The molecular weight excluding hydrogens is 470 g/mol. The van der Waals surface area contributed by atoms with E-state index in [4.69, 9.17) is 26.8 Å². The van der Waals surface area contributed by atoms with E-state index >= 15 is 0 Å². The lowest BCUT2D eigenvalue weighted by atomic mass is 10.1. The first kappa shape index (κ1) is 26.4. The van der Waals surface area contributed by atoms with Gasteiger partial charge in [0.25, 0.3) is 11.8 Å². The maximum absolute atomic E-state index is 13.0. The molecule has 2 rings (SSSR count). The third-order valence-corrected chi connectivity index (χ3v) is 7.39. The molecule has 0 aliphatic rings. The van der Waals surface area contributed by atoms with Gasteiger partial charge in [0, 0.05) is 24.3 Å². The number of rotatable bonds is 10. The van der Waals surface area contributed by atoms with Gasteiger partial charge in [-0.1, -0.05) is 25.4 Å². The number of amides is 2. The standard InChI is InChI=1S/C22H28ClN3O6S/c1-6-26(7-2)33(29,30)16-8-13(3)14(4)18(11-16)25-22(28)15-9-17(23)21(19(10-15)31-5)32-12-20(24)27/h8-11H,6-7,12H2,1-5H3,(H2,24,27)(H,25,28). The largest absolute Gasteiger partial charge is 0.493 e. The van der Waals surface area contributed by atoms with Gasteiger partial charge >= 0.3 is 0 Å². The Morgan fingerprint density at radius 1 is 1.12 bits per heavy atom. The van der Waals surface area contributed by atoms with Gasteiger partial charge in [-0.2, -0.15) is 4.31 Å². The summed E-state index contributed by atoms with van der Waals surface area (Å²) in [7, 11) is -2.35. The average molecular weight is 498 g/mol. The monoisotopic (exact) mass is 497 g/mol. The Kier molecular flexibility index (Phi) is 8.70. The summed E-state index contributed by atoms with van der Waals surface area (Å²) in [6, 6.07) is 5.78. The second-order valence-corrected chi connectivity index (χ2v) is 9.55. The smallest absolute Gasteiger partial charge is 0.255 e. The molecule has 0 saturated heterocycles. The molecule has 0 saturated carbocycles. The number of nitrogens with zero attached hydrogens (tertiary/aromatic N) is 1. The molecule has 0 aliphatic carbocycles. The van der Waals surface area contributed by atoms with Crippen LogP contribution in [0.5, 0.6) is 11.5 Å². The molecule has 0 radical (unpaired) electrons. The highest BCUT2D eigenvalue weighted by Crippen LogP contribution is 2.37. The van der Waals surface area contributed by atoms with Gasteiger partial charge in [0.15, 0.2) is 18.1 Å². The Hall–Kier alpha value is -2.82. The number of hydrogen-bond donors (Lipinski definition) is 2. The number of aryl methyl sites for hydroxylation is 1. The number of benzene rings is 2. The Morgan fingerprint density at radius 3 is 2.30 bits per heavy atom. The number of nitrogens with two attached hydrogens (primary N) is 1. The number of halogens is 1. The second-order valence-electron chi connectivity index (χ2n) is 7.20. The fraction of sp³-hybridized carbons (Fsp3) is 0.364. The molecule has 2 amide bonds. The third kappa shape index (κ3) is 5.95. The van der Waals surface area contributed by atoms with Crippen molar-refractivity contribution in [2.24, 2.45) is 5.73 Å². The summed E-state index contributed by atoms with van der Waals surface area (Å²) in [6.07, 6.45) is 0. The van der Waals surface area contributed by atoms with Crippen molar-refractivity contribution in [2.75, 3.05) is 32.1 Å². The van der Waals surface area contributed by atoms with Crippen molar-refractivity contribution in [1.82, 2.24) is 4.31 Å². The lowest BCUT2D eigenvalue weighted by molar-refractivity contribution is -0.119. The van der Waals surface area contributed by atoms with Crippen LogP contribution in [0.4, 0.5) is 5.69 Å². The van der Waals surface area contributed by atoms with Crippen molar-refractivity contribution in [2.45, 2.75) is 32.6 Å². The van der Waals surface area contributed by atoms with E-state index in [2.05, 4.69) is 5.32 Å². The summed E-state index contributed by atoms with van der Waals surface area (Å²) in [5, 5.41) is 2.80. The van der Waals surface area contributed by atoms with Crippen molar-refractivity contribution < 1.29 is 27.5 Å². The number of carbonyl (C=O) groups excluding carboxylic acids is 2. The number of methoxy groups -OCH3 is 1. The van der Waals surface area contributed by atoms with Crippen LogP contribution in [0.1, 0.15) is 35.3 Å². The molecule has 0 aromatic heterocycles. The lowest BCUT2D eigenvalue weighted by Gasteiger charge is -2.20. The van der Waals surface area contributed by atoms with E-state index in [-0.39, 0.29) is 27.0 Å². The van der Waals surface area contributed by atoms with E-state index in [9.17, 15) is 18.0 Å². The highest BCUT2D eigenvalue weighted by molar-refractivity contribution is 7.89. The Morgan fingerprint density at radius 2 is 1.76 bits per heavy atom. The lowest BCUT2D eigenvalue weighted by Crippen LogP contribution is -2.30. The van der Waals surface area contributed by atoms with E-state index in [1.54, 1.807) is 33.8 Å². The van der Waals surface area contributed by atoms with Crippen molar-refractivity contribution in [1.29, 1.82) is 0 Å². The maximum Gasteiger partial charge on any atom is 0.255 e. The van der Waals surface area contributed by atoms with E-state index in [1.807, 2.05) is 0 Å². The summed E-state index contributed by atoms with van der Waals surface area (Å²) < 4.78 is 37.8.